The molecule has 2 aliphatic heterocycles. The lowest BCUT2D eigenvalue weighted by Crippen LogP contribution is -2.48. The van der Waals surface area contributed by atoms with Crippen LogP contribution in [0.5, 0.6) is 5.75 Å². The maximum Gasteiger partial charge on any atom is 0.230 e. The molecule has 9 heteroatoms. The number of piperidine rings is 2. The van der Waals surface area contributed by atoms with Gasteiger partial charge >= 0.3 is 0 Å². The molecule has 2 fully saturated rings. The number of likely N-dealkylation sites (N-methyl/N-ethyl adjacent to an activating group) is 1. The van der Waals surface area contributed by atoms with Gasteiger partial charge in [0, 0.05) is 68.9 Å². The first-order valence-corrected chi connectivity index (χ1v) is 16.1. The van der Waals surface area contributed by atoms with E-state index in [9.17, 15) is 14.4 Å². The first-order valence-electron chi connectivity index (χ1n) is 15.7. The van der Waals surface area contributed by atoms with Gasteiger partial charge in [0.25, 0.3) is 0 Å². The van der Waals surface area contributed by atoms with Gasteiger partial charge in [-0.1, -0.05) is 29.8 Å². The number of halogens is 1. The molecular formula is C34H47ClN4O4. The lowest BCUT2D eigenvalue weighted by atomic mass is 9.94. The van der Waals surface area contributed by atoms with Crippen LogP contribution >= 0.6 is 11.6 Å². The van der Waals surface area contributed by atoms with Gasteiger partial charge in [0.1, 0.15) is 5.75 Å². The summed E-state index contributed by atoms with van der Waals surface area (Å²) in [4.78, 5) is 46.9. The average molecular weight is 611 g/mol. The number of ether oxygens (including phenoxy) is 1. The van der Waals surface area contributed by atoms with Gasteiger partial charge in [-0.25, -0.2) is 0 Å². The highest BCUT2D eigenvalue weighted by Crippen LogP contribution is 2.28. The highest BCUT2D eigenvalue weighted by Gasteiger charge is 2.31. The molecule has 0 atom stereocenters. The van der Waals surface area contributed by atoms with Crippen LogP contribution in [0.25, 0.3) is 0 Å². The zero-order valence-corrected chi connectivity index (χ0v) is 26.9. The van der Waals surface area contributed by atoms with Gasteiger partial charge in [0.2, 0.25) is 17.7 Å². The average Bonchev–Trinajstić information content (AvgIpc) is 3.02. The van der Waals surface area contributed by atoms with E-state index in [4.69, 9.17) is 16.3 Å². The van der Waals surface area contributed by atoms with Crippen molar-refractivity contribution in [1.82, 2.24) is 14.7 Å². The molecule has 0 unspecified atom stereocenters. The first-order chi connectivity index (χ1) is 20.7. The largest absolute Gasteiger partial charge is 0.497 e. The minimum absolute atomic E-state index is 0.0699. The van der Waals surface area contributed by atoms with Gasteiger partial charge in [-0.2, -0.15) is 0 Å². The van der Waals surface area contributed by atoms with Crippen LogP contribution in [0.2, 0.25) is 5.02 Å². The Morgan fingerprint density at radius 1 is 0.977 bits per heavy atom. The number of hydrogen-bond acceptors (Lipinski definition) is 5. The third-order valence-electron chi connectivity index (χ3n) is 9.05. The summed E-state index contributed by atoms with van der Waals surface area (Å²) in [7, 11) is 1.64. The number of carbonyl (C=O) groups is 3. The molecule has 8 nitrogen and oxygen atoms in total. The molecule has 0 radical (unpaired) electrons. The quantitative estimate of drug-likeness (QED) is 0.350. The van der Waals surface area contributed by atoms with Gasteiger partial charge in [0.15, 0.2) is 0 Å². The summed E-state index contributed by atoms with van der Waals surface area (Å²) in [6, 6.07) is 13.8. The normalized spacial score (nSPS) is 16.6. The van der Waals surface area contributed by atoms with Crippen LogP contribution in [-0.2, 0) is 20.8 Å². The Labute approximate surface area is 261 Å². The fourth-order valence-electron chi connectivity index (χ4n) is 6.34. The van der Waals surface area contributed by atoms with Gasteiger partial charge in [0.05, 0.1) is 13.5 Å². The van der Waals surface area contributed by atoms with E-state index in [-0.39, 0.29) is 29.7 Å². The van der Waals surface area contributed by atoms with Crippen molar-refractivity contribution in [2.75, 3.05) is 57.8 Å². The second-order valence-electron chi connectivity index (χ2n) is 11.8. The monoisotopic (exact) mass is 610 g/mol. The molecule has 2 saturated heterocycles. The highest BCUT2D eigenvalue weighted by molar-refractivity contribution is 6.31. The van der Waals surface area contributed by atoms with Gasteiger partial charge in [-0.15, -0.1) is 0 Å². The lowest BCUT2D eigenvalue weighted by molar-refractivity contribution is -0.133. The molecule has 0 spiro atoms. The zero-order chi connectivity index (χ0) is 30.9. The SMILES string of the molecule is CCN(C(=O)Cc1ccc(OC)cc1)C1CCN(CCCN(C(=O)C2CCN(C(C)=O)CC2)c2ccc(C)c(Cl)c2)CC1. The maximum absolute atomic E-state index is 13.8. The van der Waals surface area contributed by atoms with E-state index in [1.807, 2.05) is 64.1 Å². The van der Waals surface area contributed by atoms with Crippen LogP contribution in [0.4, 0.5) is 5.69 Å². The Hall–Kier alpha value is -3.10. The molecule has 0 N–H and O–H groups in total. The smallest absolute Gasteiger partial charge is 0.230 e. The molecule has 2 aromatic carbocycles. The number of methoxy groups -OCH3 is 1. The molecule has 43 heavy (non-hydrogen) atoms. The second kappa shape index (κ2) is 15.6. The van der Waals surface area contributed by atoms with E-state index in [0.29, 0.717) is 50.5 Å². The van der Waals surface area contributed by atoms with Gasteiger partial charge in [-0.05, 0) is 87.9 Å². The molecule has 4 rings (SSSR count). The van der Waals surface area contributed by atoms with E-state index in [2.05, 4.69) is 11.8 Å². The van der Waals surface area contributed by atoms with E-state index >= 15 is 0 Å². The summed E-state index contributed by atoms with van der Waals surface area (Å²) in [5, 5.41) is 0.658. The number of amides is 3. The summed E-state index contributed by atoms with van der Waals surface area (Å²) in [5.74, 6) is 1.06. The predicted octanol–water partition coefficient (Wildman–Crippen LogP) is 5.19. The van der Waals surface area contributed by atoms with Crippen LogP contribution in [0.15, 0.2) is 42.5 Å². The fraction of sp³-hybridized carbons (Fsp3) is 0.559. The Morgan fingerprint density at radius 2 is 1.65 bits per heavy atom. The summed E-state index contributed by atoms with van der Waals surface area (Å²) in [5.41, 5.74) is 2.82. The van der Waals surface area contributed by atoms with Crippen LogP contribution in [0.1, 0.15) is 57.1 Å². The van der Waals surface area contributed by atoms with E-state index in [0.717, 1.165) is 61.5 Å². The number of rotatable bonds is 11. The minimum atomic E-state index is -0.0955. The Kier molecular flexibility index (Phi) is 11.9. The molecule has 2 aromatic rings. The molecule has 0 aliphatic carbocycles. The maximum atomic E-state index is 13.8. The third kappa shape index (κ3) is 8.73. The lowest BCUT2D eigenvalue weighted by Gasteiger charge is -2.38. The fourth-order valence-corrected chi connectivity index (χ4v) is 6.52. The predicted molar refractivity (Wildman–Crippen MR) is 172 cm³/mol. The summed E-state index contributed by atoms with van der Waals surface area (Å²) in [6.07, 6.45) is 4.53. The first kappa shape index (κ1) is 32.8. The number of nitrogens with zero attached hydrogens (tertiary/aromatic N) is 4. The van der Waals surface area contributed by atoms with Crippen molar-refractivity contribution in [3.05, 3.63) is 58.6 Å². The van der Waals surface area contributed by atoms with E-state index < -0.39 is 0 Å². The Morgan fingerprint density at radius 3 is 2.23 bits per heavy atom. The van der Waals surface area contributed by atoms with Crippen molar-refractivity contribution in [2.45, 2.75) is 65.3 Å². The molecule has 3 amide bonds. The molecule has 0 bridgehead atoms. The second-order valence-corrected chi connectivity index (χ2v) is 12.2. The van der Waals surface area contributed by atoms with Crippen molar-refractivity contribution in [3.8, 4) is 5.75 Å². The molecule has 2 heterocycles. The summed E-state index contributed by atoms with van der Waals surface area (Å²) in [6.45, 7) is 11.0. The van der Waals surface area contributed by atoms with Crippen molar-refractivity contribution in [3.63, 3.8) is 0 Å². The summed E-state index contributed by atoms with van der Waals surface area (Å²) < 4.78 is 5.23. The van der Waals surface area contributed by atoms with Crippen LogP contribution < -0.4 is 9.64 Å². The Bertz CT molecular complexity index is 1240. The summed E-state index contributed by atoms with van der Waals surface area (Å²) >= 11 is 6.47. The number of anilines is 1. The van der Waals surface area contributed by atoms with Crippen LogP contribution in [-0.4, -0.2) is 91.4 Å². The van der Waals surface area contributed by atoms with Crippen molar-refractivity contribution in [2.24, 2.45) is 5.92 Å². The Balaban J connectivity index is 1.30. The third-order valence-corrected chi connectivity index (χ3v) is 9.46. The van der Waals surface area contributed by atoms with Crippen molar-refractivity contribution < 1.29 is 19.1 Å². The zero-order valence-electron chi connectivity index (χ0n) is 26.2. The number of carbonyl (C=O) groups excluding carboxylic acids is 3. The highest BCUT2D eigenvalue weighted by atomic mass is 35.5. The van der Waals surface area contributed by atoms with E-state index in [1.165, 1.54) is 0 Å². The number of benzene rings is 2. The molecule has 234 valence electrons. The molecule has 0 saturated carbocycles. The minimum Gasteiger partial charge on any atom is -0.497 e. The molecule has 2 aliphatic rings. The van der Waals surface area contributed by atoms with Crippen LogP contribution in [0.3, 0.4) is 0 Å². The molecule has 0 aromatic heterocycles. The number of hydrogen-bond donors (Lipinski definition) is 0. The van der Waals surface area contributed by atoms with E-state index in [1.54, 1.807) is 14.0 Å². The van der Waals surface area contributed by atoms with Crippen LogP contribution in [0, 0.1) is 12.8 Å². The number of aryl methyl sites for hydroxylation is 1. The standard InChI is InChI=1S/C34H47ClN4O4/c1-5-38(33(41)23-27-8-11-31(43-4)12-9-27)29-15-19-36(20-16-29)17-6-18-39(30-10-7-25(2)32(35)24-30)34(42)28-13-21-37(22-14-28)26(3)40/h7-12,24,28-29H,5-6,13-23H2,1-4H3. The van der Waals surface area contributed by atoms with Gasteiger partial charge < -0.3 is 24.3 Å². The molecular weight excluding hydrogens is 564 g/mol. The topological polar surface area (TPSA) is 73.4 Å². The number of likely N-dealkylation sites (tertiary alicyclic amines) is 2. The van der Waals surface area contributed by atoms with Gasteiger partial charge in [-0.3, -0.25) is 14.4 Å². The van der Waals surface area contributed by atoms with Crippen molar-refractivity contribution in [1.29, 1.82) is 0 Å². The van der Waals surface area contributed by atoms with Crippen molar-refractivity contribution >= 4 is 35.0 Å².